The van der Waals surface area contributed by atoms with E-state index in [1.165, 1.54) is 5.56 Å². The minimum Gasteiger partial charge on any atom is -0.496 e. The molecule has 1 heterocycles. The lowest BCUT2D eigenvalue weighted by Crippen LogP contribution is -2.25. The van der Waals surface area contributed by atoms with Crippen molar-refractivity contribution >= 4 is 11.7 Å². The summed E-state index contributed by atoms with van der Waals surface area (Å²) in [6.45, 7) is 1.38. The van der Waals surface area contributed by atoms with Gasteiger partial charge in [0.1, 0.15) is 11.6 Å². The minimum atomic E-state index is -0.0915. The molecule has 3 aromatic rings. The Balaban J connectivity index is 1.40. The summed E-state index contributed by atoms with van der Waals surface area (Å²) >= 11 is 0. The van der Waals surface area contributed by atoms with Gasteiger partial charge >= 0.3 is 0 Å². The smallest absolute Gasteiger partial charge is 0.252 e. The van der Waals surface area contributed by atoms with Crippen LogP contribution in [0.25, 0.3) is 0 Å². The fraction of sp³-hybridized carbons (Fsp3) is 0.250. The fourth-order valence-corrected chi connectivity index (χ4v) is 3.11. The zero-order valence-corrected chi connectivity index (χ0v) is 16.7. The molecule has 29 heavy (non-hydrogen) atoms. The fourth-order valence-electron chi connectivity index (χ4n) is 3.11. The summed E-state index contributed by atoms with van der Waals surface area (Å²) in [5, 5.41) is 6.24. The normalized spacial score (nSPS) is 10.4. The predicted octanol–water partition coefficient (Wildman–Crippen LogP) is 4.11. The second-order valence-corrected chi connectivity index (χ2v) is 6.77. The maximum atomic E-state index is 12.3. The molecule has 0 saturated heterocycles. The molecule has 0 atom stereocenters. The first kappa shape index (κ1) is 20.4. The SMILES string of the molecule is COc1ccccc1CCNc1ccc(C(=O)NCCCc2ccccc2)cn1. The first-order valence-electron chi connectivity index (χ1n) is 9.90. The molecule has 0 unspecified atom stereocenters. The molecule has 0 spiro atoms. The molecule has 0 bridgehead atoms. The average molecular weight is 389 g/mol. The van der Waals surface area contributed by atoms with E-state index in [-0.39, 0.29) is 5.91 Å². The number of aryl methyl sites for hydroxylation is 1. The molecular weight excluding hydrogens is 362 g/mol. The number of hydrogen-bond acceptors (Lipinski definition) is 4. The number of para-hydroxylation sites is 1. The molecule has 0 saturated carbocycles. The number of carbonyl (C=O) groups excluding carboxylic acids is 1. The van der Waals surface area contributed by atoms with Gasteiger partial charge in [-0.15, -0.1) is 0 Å². The molecule has 1 amide bonds. The van der Waals surface area contributed by atoms with Crippen LogP contribution in [0.5, 0.6) is 5.75 Å². The highest BCUT2D eigenvalue weighted by atomic mass is 16.5. The van der Waals surface area contributed by atoms with Gasteiger partial charge in [-0.2, -0.15) is 0 Å². The summed E-state index contributed by atoms with van der Waals surface area (Å²) < 4.78 is 5.37. The summed E-state index contributed by atoms with van der Waals surface area (Å²) in [6, 6.07) is 21.9. The summed E-state index contributed by atoms with van der Waals surface area (Å²) in [5.41, 5.74) is 3.00. The standard InChI is InChI=1S/C24H27N3O2/c1-29-22-12-6-5-11-20(22)15-17-25-23-14-13-21(18-27-23)24(28)26-16-7-10-19-8-3-2-4-9-19/h2-6,8-9,11-14,18H,7,10,15-17H2,1H3,(H,25,27)(H,26,28). The Bertz CT molecular complexity index is 896. The van der Waals surface area contributed by atoms with Crippen molar-refractivity contribution in [3.05, 3.63) is 89.6 Å². The molecular formula is C24H27N3O2. The Morgan fingerprint density at radius 3 is 2.48 bits per heavy atom. The molecule has 0 radical (unpaired) electrons. The number of methoxy groups -OCH3 is 1. The lowest BCUT2D eigenvalue weighted by atomic mass is 10.1. The van der Waals surface area contributed by atoms with Crippen molar-refractivity contribution in [1.29, 1.82) is 0 Å². The van der Waals surface area contributed by atoms with Crippen LogP contribution in [-0.4, -0.2) is 31.1 Å². The summed E-state index contributed by atoms with van der Waals surface area (Å²) in [6.07, 6.45) is 4.30. The van der Waals surface area contributed by atoms with Crippen LogP contribution in [0, 0.1) is 0 Å². The summed E-state index contributed by atoms with van der Waals surface area (Å²) in [4.78, 5) is 16.6. The topological polar surface area (TPSA) is 63.2 Å². The highest BCUT2D eigenvalue weighted by molar-refractivity contribution is 5.94. The molecule has 0 aliphatic heterocycles. The van der Waals surface area contributed by atoms with E-state index in [0.29, 0.717) is 12.1 Å². The Labute approximate surface area is 172 Å². The van der Waals surface area contributed by atoms with E-state index in [9.17, 15) is 4.79 Å². The monoisotopic (exact) mass is 389 g/mol. The summed E-state index contributed by atoms with van der Waals surface area (Å²) in [7, 11) is 1.68. The number of pyridine rings is 1. The van der Waals surface area contributed by atoms with Gasteiger partial charge in [0.25, 0.3) is 5.91 Å². The molecule has 2 aromatic carbocycles. The van der Waals surface area contributed by atoms with Crippen LogP contribution in [0.3, 0.4) is 0 Å². The Morgan fingerprint density at radius 1 is 0.931 bits per heavy atom. The molecule has 0 aliphatic carbocycles. The number of nitrogens with one attached hydrogen (secondary N) is 2. The number of rotatable bonds is 10. The molecule has 150 valence electrons. The van der Waals surface area contributed by atoms with Crippen molar-refractivity contribution in [3.63, 3.8) is 0 Å². The highest BCUT2D eigenvalue weighted by Gasteiger charge is 2.06. The number of carbonyl (C=O) groups is 1. The first-order valence-corrected chi connectivity index (χ1v) is 9.90. The zero-order chi connectivity index (χ0) is 20.3. The quantitative estimate of drug-likeness (QED) is 0.512. The van der Waals surface area contributed by atoms with Gasteiger partial charge in [-0.3, -0.25) is 4.79 Å². The number of amides is 1. The van der Waals surface area contributed by atoms with Crippen molar-refractivity contribution in [2.24, 2.45) is 0 Å². The lowest BCUT2D eigenvalue weighted by molar-refractivity contribution is 0.0953. The van der Waals surface area contributed by atoms with Crippen molar-refractivity contribution in [2.45, 2.75) is 19.3 Å². The molecule has 5 nitrogen and oxygen atoms in total. The van der Waals surface area contributed by atoms with Gasteiger partial charge in [0, 0.05) is 19.3 Å². The largest absolute Gasteiger partial charge is 0.496 e. The molecule has 1 aromatic heterocycles. The van der Waals surface area contributed by atoms with Crippen LogP contribution < -0.4 is 15.4 Å². The van der Waals surface area contributed by atoms with E-state index in [2.05, 4.69) is 33.8 Å². The number of hydrogen-bond donors (Lipinski definition) is 2. The third-order valence-corrected chi connectivity index (χ3v) is 4.69. The van der Waals surface area contributed by atoms with Crippen LogP contribution in [0.4, 0.5) is 5.82 Å². The third kappa shape index (κ3) is 6.35. The van der Waals surface area contributed by atoms with Gasteiger partial charge in [0.05, 0.1) is 12.7 Å². The first-order chi connectivity index (χ1) is 14.3. The van der Waals surface area contributed by atoms with E-state index in [0.717, 1.165) is 42.9 Å². The average Bonchev–Trinajstić information content (AvgIpc) is 2.78. The molecule has 3 rings (SSSR count). The van der Waals surface area contributed by atoms with E-state index in [1.807, 2.05) is 42.5 Å². The van der Waals surface area contributed by atoms with Crippen molar-refractivity contribution < 1.29 is 9.53 Å². The van der Waals surface area contributed by atoms with Crippen LogP contribution in [0.2, 0.25) is 0 Å². The van der Waals surface area contributed by atoms with Gasteiger partial charge in [-0.25, -0.2) is 4.98 Å². The van der Waals surface area contributed by atoms with Crippen molar-refractivity contribution in [1.82, 2.24) is 10.3 Å². The number of nitrogens with zero attached hydrogens (tertiary/aromatic N) is 1. The van der Waals surface area contributed by atoms with Crippen LogP contribution in [-0.2, 0) is 12.8 Å². The zero-order valence-electron chi connectivity index (χ0n) is 16.7. The van der Waals surface area contributed by atoms with E-state index < -0.39 is 0 Å². The third-order valence-electron chi connectivity index (χ3n) is 4.69. The van der Waals surface area contributed by atoms with Crippen molar-refractivity contribution in [2.75, 3.05) is 25.5 Å². The molecule has 5 heteroatoms. The van der Waals surface area contributed by atoms with E-state index in [1.54, 1.807) is 19.4 Å². The van der Waals surface area contributed by atoms with Crippen LogP contribution in [0.15, 0.2) is 72.9 Å². The number of anilines is 1. The number of ether oxygens (including phenoxy) is 1. The molecule has 0 fully saturated rings. The highest BCUT2D eigenvalue weighted by Crippen LogP contribution is 2.17. The van der Waals surface area contributed by atoms with E-state index in [4.69, 9.17) is 4.74 Å². The van der Waals surface area contributed by atoms with Gasteiger partial charge in [0.2, 0.25) is 0 Å². The molecule has 2 N–H and O–H groups in total. The number of aromatic nitrogens is 1. The second-order valence-electron chi connectivity index (χ2n) is 6.77. The van der Waals surface area contributed by atoms with Crippen LogP contribution >= 0.6 is 0 Å². The van der Waals surface area contributed by atoms with E-state index >= 15 is 0 Å². The minimum absolute atomic E-state index is 0.0915. The van der Waals surface area contributed by atoms with Crippen molar-refractivity contribution in [3.8, 4) is 5.75 Å². The second kappa shape index (κ2) is 10.9. The maximum Gasteiger partial charge on any atom is 0.252 e. The van der Waals surface area contributed by atoms with Gasteiger partial charge < -0.3 is 15.4 Å². The van der Waals surface area contributed by atoms with Gasteiger partial charge in [-0.1, -0.05) is 48.5 Å². The van der Waals surface area contributed by atoms with Gasteiger partial charge in [0.15, 0.2) is 0 Å². The lowest BCUT2D eigenvalue weighted by Gasteiger charge is -2.10. The predicted molar refractivity (Wildman–Crippen MR) is 117 cm³/mol. The Kier molecular flexibility index (Phi) is 7.63. The Morgan fingerprint density at radius 2 is 1.72 bits per heavy atom. The number of benzene rings is 2. The Hall–Kier alpha value is -3.34. The maximum absolute atomic E-state index is 12.3. The molecule has 0 aliphatic rings. The van der Waals surface area contributed by atoms with Crippen LogP contribution in [0.1, 0.15) is 27.9 Å². The summed E-state index contributed by atoms with van der Waals surface area (Å²) in [5.74, 6) is 1.55. The van der Waals surface area contributed by atoms with Gasteiger partial charge in [-0.05, 0) is 48.6 Å².